The number of benzene rings is 1. The summed E-state index contributed by atoms with van der Waals surface area (Å²) in [6, 6.07) is 10.0. The van der Waals surface area contributed by atoms with Crippen LogP contribution in [0.25, 0.3) is 0 Å². The molecular weight excluding hydrogens is 336 g/mol. The van der Waals surface area contributed by atoms with Gasteiger partial charge in [-0.3, -0.25) is 0 Å². The molecule has 1 fully saturated rings. The lowest BCUT2D eigenvalue weighted by molar-refractivity contribution is -0.327. The molecule has 6 nitrogen and oxygen atoms in total. The van der Waals surface area contributed by atoms with Crippen molar-refractivity contribution in [3.63, 3.8) is 0 Å². The summed E-state index contributed by atoms with van der Waals surface area (Å²) < 4.78 is 11.4. The van der Waals surface area contributed by atoms with Crippen molar-refractivity contribution in [3.05, 3.63) is 71.0 Å². The number of fused-ring (bicyclic) bond motifs is 2. The summed E-state index contributed by atoms with van der Waals surface area (Å²) in [6.45, 7) is -0.495. The summed E-state index contributed by atoms with van der Waals surface area (Å²) >= 11 is 0. The third-order valence-electron chi connectivity index (χ3n) is 5.21. The molecule has 4 rings (SSSR count). The minimum Gasteiger partial charge on any atom is -0.462 e. The molecule has 3 aliphatic rings. The lowest BCUT2D eigenvalue weighted by Gasteiger charge is -2.46. The fourth-order valence-electron chi connectivity index (χ4n) is 3.76. The lowest BCUT2D eigenvalue weighted by atomic mass is 9.82. The number of hydrogen-bond acceptors (Lipinski definition) is 6. The van der Waals surface area contributed by atoms with Crippen molar-refractivity contribution in [3.8, 4) is 0 Å². The Labute approximate surface area is 151 Å². The van der Waals surface area contributed by atoms with E-state index in [0.717, 1.165) is 23.1 Å². The molecule has 4 N–H and O–H groups in total. The first kappa shape index (κ1) is 17.5. The molecule has 2 heterocycles. The SMILES string of the molecule is OCC1OC2(OC=C3CC=C(Cc4ccccc4)C=C32)C(O)C(O)C1O. The average Bonchev–Trinajstić information content (AvgIpc) is 3.03. The highest BCUT2D eigenvalue weighted by Crippen LogP contribution is 2.47. The third-order valence-corrected chi connectivity index (χ3v) is 5.21. The van der Waals surface area contributed by atoms with Gasteiger partial charge in [-0.25, -0.2) is 0 Å². The maximum Gasteiger partial charge on any atom is 0.266 e. The van der Waals surface area contributed by atoms with Gasteiger partial charge in [0.25, 0.3) is 5.79 Å². The Morgan fingerprint density at radius 2 is 1.85 bits per heavy atom. The van der Waals surface area contributed by atoms with Crippen molar-refractivity contribution in [2.24, 2.45) is 0 Å². The summed E-state index contributed by atoms with van der Waals surface area (Å²) in [7, 11) is 0. The normalized spacial score (nSPS) is 36.1. The first-order valence-corrected chi connectivity index (χ1v) is 8.70. The zero-order chi connectivity index (χ0) is 18.3. The monoisotopic (exact) mass is 358 g/mol. The van der Waals surface area contributed by atoms with E-state index in [-0.39, 0.29) is 0 Å². The molecule has 0 amide bonds. The second-order valence-electron chi connectivity index (χ2n) is 6.90. The Morgan fingerprint density at radius 1 is 1.08 bits per heavy atom. The van der Waals surface area contributed by atoms with E-state index < -0.39 is 36.8 Å². The summed E-state index contributed by atoms with van der Waals surface area (Å²) in [6.07, 6.45) is 1.44. The molecule has 1 aliphatic carbocycles. The minimum atomic E-state index is -1.61. The van der Waals surface area contributed by atoms with Crippen LogP contribution >= 0.6 is 0 Å². The summed E-state index contributed by atoms with van der Waals surface area (Å²) in [5.74, 6) is -1.61. The van der Waals surface area contributed by atoms with Gasteiger partial charge in [-0.1, -0.05) is 36.4 Å². The largest absolute Gasteiger partial charge is 0.462 e. The number of aliphatic hydroxyl groups is 4. The Morgan fingerprint density at radius 3 is 2.58 bits per heavy atom. The molecule has 1 aromatic carbocycles. The van der Waals surface area contributed by atoms with E-state index in [2.05, 4.69) is 6.08 Å². The Bertz CT molecular complexity index is 766. The van der Waals surface area contributed by atoms with Crippen molar-refractivity contribution >= 4 is 0 Å². The Kier molecular flexibility index (Phi) is 4.46. The van der Waals surface area contributed by atoms with Crippen LogP contribution in [0.5, 0.6) is 0 Å². The highest BCUT2D eigenvalue weighted by molar-refractivity contribution is 5.51. The maximum atomic E-state index is 10.6. The molecule has 1 aromatic rings. The molecule has 0 saturated carbocycles. The quantitative estimate of drug-likeness (QED) is 0.631. The van der Waals surface area contributed by atoms with Gasteiger partial charge in [-0.15, -0.1) is 0 Å². The smallest absolute Gasteiger partial charge is 0.266 e. The third kappa shape index (κ3) is 2.71. The highest BCUT2D eigenvalue weighted by atomic mass is 16.7. The topological polar surface area (TPSA) is 99.4 Å². The fourth-order valence-corrected chi connectivity index (χ4v) is 3.76. The summed E-state index contributed by atoms with van der Waals surface area (Å²) in [4.78, 5) is 0. The van der Waals surface area contributed by atoms with Crippen molar-refractivity contribution in [1.29, 1.82) is 0 Å². The van der Waals surface area contributed by atoms with Gasteiger partial charge in [0.15, 0.2) is 6.10 Å². The van der Waals surface area contributed by atoms with E-state index in [0.29, 0.717) is 12.0 Å². The van der Waals surface area contributed by atoms with E-state index in [4.69, 9.17) is 9.47 Å². The summed E-state index contributed by atoms with van der Waals surface area (Å²) in [5.41, 5.74) is 3.68. The van der Waals surface area contributed by atoms with Crippen molar-refractivity contribution in [2.75, 3.05) is 6.61 Å². The zero-order valence-electron chi connectivity index (χ0n) is 14.2. The van der Waals surface area contributed by atoms with Crippen LogP contribution in [-0.2, 0) is 15.9 Å². The van der Waals surface area contributed by atoms with E-state index in [1.807, 2.05) is 36.4 Å². The molecule has 5 atom stereocenters. The number of hydrogen-bond donors (Lipinski definition) is 4. The van der Waals surface area contributed by atoms with Gasteiger partial charge in [0.1, 0.15) is 18.3 Å². The van der Waals surface area contributed by atoms with Crippen molar-refractivity contribution < 1.29 is 29.9 Å². The second kappa shape index (κ2) is 6.64. The molecule has 1 spiro atoms. The van der Waals surface area contributed by atoms with E-state index in [1.165, 1.54) is 6.26 Å². The molecule has 2 aliphatic heterocycles. The molecule has 0 bridgehead atoms. The molecule has 0 aromatic heterocycles. The van der Waals surface area contributed by atoms with E-state index >= 15 is 0 Å². The molecular formula is C20H22O6. The Hall–Kier alpha value is -1.96. The average molecular weight is 358 g/mol. The van der Waals surface area contributed by atoms with Crippen molar-refractivity contribution in [1.82, 2.24) is 0 Å². The molecule has 5 unspecified atom stereocenters. The van der Waals surface area contributed by atoms with Crippen LogP contribution in [0.3, 0.4) is 0 Å². The maximum absolute atomic E-state index is 10.6. The van der Waals surface area contributed by atoms with E-state index in [9.17, 15) is 20.4 Å². The predicted octanol–water partition coefficient (Wildman–Crippen LogP) is 0.570. The minimum absolute atomic E-state index is 0.495. The second-order valence-corrected chi connectivity index (χ2v) is 6.90. The molecule has 0 radical (unpaired) electrons. The highest BCUT2D eigenvalue weighted by Gasteiger charge is 2.59. The van der Waals surface area contributed by atoms with Gasteiger partial charge in [-0.05, 0) is 30.1 Å². The standard InChI is InChI=1S/C20H22O6/c21-10-16-17(22)18(23)19(24)20(26-16)15-9-13(6-7-14(15)11-25-20)8-12-4-2-1-3-5-12/h1-6,9,11,16-19,21-24H,7-8,10H2. The van der Waals surface area contributed by atoms with Gasteiger partial charge in [0, 0.05) is 11.1 Å². The molecule has 26 heavy (non-hydrogen) atoms. The number of aliphatic hydroxyl groups excluding tert-OH is 4. The fraction of sp³-hybridized carbons (Fsp3) is 0.400. The van der Waals surface area contributed by atoms with Gasteiger partial charge < -0.3 is 29.9 Å². The Balaban J connectivity index is 1.66. The molecule has 1 saturated heterocycles. The van der Waals surface area contributed by atoms with Crippen LogP contribution in [0.15, 0.2) is 65.5 Å². The van der Waals surface area contributed by atoms with Gasteiger partial charge in [0.05, 0.1) is 12.9 Å². The number of ether oxygens (including phenoxy) is 2. The van der Waals surface area contributed by atoms with Crippen LogP contribution in [0, 0.1) is 0 Å². The summed E-state index contributed by atoms with van der Waals surface area (Å²) in [5, 5.41) is 40.3. The number of allylic oxidation sites excluding steroid dienone is 3. The molecule has 6 heteroatoms. The van der Waals surface area contributed by atoms with E-state index in [1.54, 1.807) is 0 Å². The van der Waals surface area contributed by atoms with Gasteiger partial charge in [-0.2, -0.15) is 0 Å². The van der Waals surface area contributed by atoms with Crippen LogP contribution < -0.4 is 0 Å². The van der Waals surface area contributed by atoms with Crippen molar-refractivity contribution in [2.45, 2.75) is 43.0 Å². The van der Waals surface area contributed by atoms with Crippen LogP contribution in [0.1, 0.15) is 12.0 Å². The van der Waals surface area contributed by atoms with Gasteiger partial charge >= 0.3 is 0 Å². The van der Waals surface area contributed by atoms with Gasteiger partial charge in [0.2, 0.25) is 0 Å². The number of rotatable bonds is 3. The zero-order valence-corrected chi connectivity index (χ0v) is 14.2. The van der Waals surface area contributed by atoms with Crippen LogP contribution in [-0.4, -0.2) is 57.2 Å². The van der Waals surface area contributed by atoms with Crippen LogP contribution in [0.4, 0.5) is 0 Å². The molecule has 138 valence electrons. The first-order valence-electron chi connectivity index (χ1n) is 8.70. The first-order chi connectivity index (χ1) is 12.5. The lowest BCUT2D eigenvalue weighted by Crippen LogP contribution is -2.65. The van der Waals surface area contributed by atoms with Crippen LogP contribution in [0.2, 0.25) is 0 Å². The predicted molar refractivity (Wildman–Crippen MR) is 92.8 cm³/mol.